The number of benzene rings is 1. The smallest absolute Gasteiger partial charge is 0.344 e. The van der Waals surface area contributed by atoms with Crippen molar-refractivity contribution in [2.45, 2.75) is 48.3 Å². The summed E-state index contributed by atoms with van der Waals surface area (Å²) in [5.74, 6) is -1.89. The van der Waals surface area contributed by atoms with Gasteiger partial charge in [0, 0.05) is 22.6 Å². The molecule has 166 valence electrons. The number of aryl methyl sites for hydroxylation is 1. The van der Waals surface area contributed by atoms with Crippen LogP contribution in [-0.2, 0) is 32.0 Å². The number of amides is 3. The highest BCUT2D eigenvalue weighted by atomic mass is 32.2. The van der Waals surface area contributed by atoms with Gasteiger partial charge in [-0.15, -0.1) is 11.3 Å². The van der Waals surface area contributed by atoms with Crippen molar-refractivity contribution in [2.75, 3.05) is 16.8 Å². The summed E-state index contributed by atoms with van der Waals surface area (Å²) in [5.41, 5.74) is 7.53. The first-order valence-corrected chi connectivity index (χ1v) is 12.1. The molecule has 1 aromatic heterocycles. The van der Waals surface area contributed by atoms with Crippen molar-refractivity contribution < 1.29 is 23.9 Å². The van der Waals surface area contributed by atoms with E-state index in [1.807, 2.05) is 18.2 Å². The lowest BCUT2D eigenvalue weighted by molar-refractivity contribution is -0.149. The molecule has 1 aromatic carbocycles. The Hall–Kier alpha value is -2.85. The molecule has 0 spiro atoms. The van der Waals surface area contributed by atoms with Crippen LogP contribution in [0.3, 0.4) is 0 Å². The fourth-order valence-electron chi connectivity index (χ4n) is 4.59. The molecule has 3 aliphatic rings. The largest absolute Gasteiger partial charge is 0.453 e. The molecule has 1 aliphatic carbocycles. The number of carbonyl (C=O) groups is 4. The molecule has 8 nitrogen and oxygen atoms in total. The van der Waals surface area contributed by atoms with Crippen LogP contribution in [0.15, 0.2) is 29.2 Å². The lowest BCUT2D eigenvalue weighted by Gasteiger charge is -2.28. The number of nitrogens with zero attached hydrogens (tertiary/aromatic N) is 1. The molecule has 5 rings (SSSR count). The maximum atomic E-state index is 13.1. The average molecular weight is 472 g/mol. The molecular weight excluding hydrogens is 450 g/mol. The summed E-state index contributed by atoms with van der Waals surface area (Å²) in [6.45, 7) is -0.514. The topological polar surface area (TPSA) is 119 Å². The van der Waals surface area contributed by atoms with Gasteiger partial charge in [-0.2, -0.15) is 0 Å². The molecule has 1 unspecified atom stereocenters. The highest BCUT2D eigenvalue weighted by Gasteiger charge is 2.58. The highest BCUT2D eigenvalue weighted by molar-refractivity contribution is 8.02. The molecule has 1 saturated heterocycles. The number of thioether (sulfide) groups is 1. The van der Waals surface area contributed by atoms with Crippen molar-refractivity contribution in [1.29, 1.82) is 0 Å². The number of esters is 1. The number of nitrogens with one attached hydrogen (secondary N) is 1. The van der Waals surface area contributed by atoms with Crippen LogP contribution >= 0.6 is 23.1 Å². The van der Waals surface area contributed by atoms with Gasteiger partial charge in [0.1, 0.15) is 5.00 Å². The van der Waals surface area contributed by atoms with E-state index in [-0.39, 0.29) is 12.3 Å². The van der Waals surface area contributed by atoms with E-state index in [9.17, 15) is 19.2 Å². The van der Waals surface area contributed by atoms with Gasteiger partial charge < -0.3 is 15.8 Å². The monoisotopic (exact) mass is 471 g/mol. The molecule has 2 aromatic rings. The Morgan fingerprint density at radius 2 is 1.94 bits per heavy atom. The van der Waals surface area contributed by atoms with Crippen molar-refractivity contribution in [1.82, 2.24) is 0 Å². The van der Waals surface area contributed by atoms with E-state index in [1.54, 1.807) is 6.07 Å². The summed E-state index contributed by atoms with van der Waals surface area (Å²) in [6.07, 6.45) is 4.19. The highest BCUT2D eigenvalue weighted by Crippen LogP contribution is 2.56. The SMILES string of the molecule is NC(=O)c1c(NC(=O)COC(=O)C23CCC(=O)N2c2ccccc2S3)sc2c1CCCC2. The standard InChI is InChI=1S/C22H21N3O5S2/c23-19(28)18-12-5-1-3-7-14(12)31-20(18)24-16(26)11-30-21(29)22-10-9-17(27)25(22)13-6-2-4-8-15(13)32-22/h2,4,6,8H,1,3,5,7,9-11H2,(H2,23,28)(H,24,26). The fourth-order valence-corrected chi connectivity index (χ4v) is 7.32. The molecule has 3 amide bonds. The lowest BCUT2D eigenvalue weighted by Crippen LogP contribution is -2.48. The number of ether oxygens (including phenoxy) is 1. The normalized spacial score (nSPS) is 21.0. The van der Waals surface area contributed by atoms with Gasteiger partial charge in [-0.3, -0.25) is 19.3 Å². The minimum Gasteiger partial charge on any atom is -0.453 e. The maximum Gasteiger partial charge on any atom is 0.344 e. The molecule has 3 N–H and O–H groups in total. The summed E-state index contributed by atoms with van der Waals surface area (Å²) in [5, 5.41) is 3.10. The summed E-state index contributed by atoms with van der Waals surface area (Å²) < 4.78 is 5.37. The Morgan fingerprint density at radius 1 is 1.16 bits per heavy atom. The predicted octanol–water partition coefficient (Wildman–Crippen LogP) is 2.84. The lowest BCUT2D eigenvalue weighted by atomic mass is 9.95. The van der Waals surface area contributed by atoms with Gasteiger partial charge in [-0.25, -0.2) is 4.79 Å². The second kappa shape index (κ2) is 7.93. The summed E-state index contributed by atoms with van der Waals surface area (Å²) in [6, 6.07) is 7.33. The van der Waals surface area contributed by atoms with Gasteiger partial charge in [0.25, 0.3) is 11.8 Å². The second-order valence-corrected chi connectivity index (χ2v) is 10.4. The van der Waals surface area contributed by atoms with Crippen molar-refractivity contribution in [3.8, 4) is 0 Å². The average Bonchev–Trinajstić information content (AvgIpc) is 3.41. The van der Waals surface area contributed by atoms with Gasteiger partial charge in [-0.05, 0) is 43.4 Å². The van der Waals surface area contributed by atoms with E-state index in [4.69, 9.17) is 10.5 Å². The van der Waals surface area contributed by atoms with E-state index in [2.05, 4.69) is 5.32 Å². The number of rotatable bonds is 5. The Labute approximate surface area is 192 Å². The minimum absolute atomic E-state index is 0.140. The minimum atomic E-state index is -1.18. The van der Waals surface area contributed by atoms with Gasteiger partial charge in [-0.1, -0.05) is 23.9 Å². The van der Waals surface area contributed by atoms with Crippen LogP contribution in [0.2, 0.25) is 0 Å². The van der Waals surface area contributed by atoms with Crippen LogP contribution in [0.1, 0.15) is 46.5 Å². The van der Waals surface area contributed by atoms with Crippen LogP contribution in [0.5, 0.6) is 0 Å². The van der Waals surface area contributed by atoms with E-state index in [0.29, 0.717) is 22.7 Å². The molecular formula is C22H21N3O5S2. The van der Waals surface area contributed by atoms with E-state index < -0.39 is 29.3 Å². The summed E-state index contributed by atoms with van der Waals surface area (Å²) >= 11 is 2.64. The van der Waals surface area contributed by atoms with Crippen molar-refractivity contribution in [3.05, 3.63) is 40.3 Å². The first-order chi connectivity index (χ1) is 15.4. The predicted molar refractivity (Wildman–Crippen MR) is 121 cm³/mol. The molecule has 0 saturated carbocycles. The number of nitrogens with two attached hydrogens (primary N) is 1. The molecule has 1 atom stereocenters. The Bertz CT molecular complexity index is 1160. The molecule has 2 aliphatic heterocycles. The Morgan fingerprint density at radius 3 is 2.75 bits per heavy atom. The van der Waals surface area contributed by atoms with Crippen molar-refractivity contribution in [3.63, 3.8) is 0 Å². The van der Waals surface area contributed by atoms with E-state index in [1.165, 1.54) is 28.0 Å². The fraction of sp³-hybridized carbons (Fsp3) is 0.364. The molecule has 10 heteroatoms. The number of fused-ring (bicyclic) bond motifs is 4. The van der Waals surface area contributed by atoms with Crippen molar-refractivity contribution in [2.24, 2.45) is 5.73 Å². The Kier molecular flexibility index (Phi) is 5.21. The van der Waals surface area contributed by atoms with Gasteiger partial charge in [0.15, 0.2) is 11.5 Å². The third-order valence-corrected chi connectivity index (χ3v) is 8.66. The number of carbonyl (C=O) groups excluding carboxylic acids is 4. The van der Waals surface area contributed by atoms with Crippen LogP contribution in [0.4, 0.5) is 10.7 Å². The number of hydrogen-bond acceptors (Lipinski definition) is 7. The molecule has 0 radical (unpaired) electrons. The van der Waals surface area contributed by atoms with Crippen LogP contribution in [-0.4, -0.2) is 35.2 Å². The zero-order valence-electron chi connectivity index (χ0n) is 17.1. The van der Waals surface area contributed by atoms with Crippen LogP contribution in [0.25, 0.3) is 0 Å². The van der Waals surface area contributed by atoms with Gasteiger partial charge in [0.05, 0.1) is 11.3 Å². The maximum absolute atomic E-state index is 13.1. The van der Waals surface area contributed by atoms with Gasteiger partial charge in [0.2, 0.25) is 5.91 Å². The molecule has 32 heavy (non-hydrogen) atoms. The molecule has 0 bridgehead atoms. The molecule has 3 heterocycles. The van der Waals surface area contributed by atoms with E-state index >= 15 is 0 Å². The zero-order chi connectivity index (χ0) is 22.5. The van der Waals surface area contributed by atoms with Crippen LogP contribution < -0.4 is 16.0 Å². The number of thiophene rings is 1. The summed E-state index contributed by atoms with van der Waals surface area (Å²) in [7, 11) is 0. The first-order valence-electron chi connectivity index (χ1n) is 10.4. The number of hydrogen-bond donors (Lipinski definition) is 2. The third-order valence-electron chi connectivity index (χ3n) is 6.00. The van der Waals surface area contributed by atoms with Gasteiger partial charge >= 0.3 is 5.97 Å². The number of anilines is 2. The quantitative estimate of drug-likeness (QED) is 0.648. The number of para-hydroxylation sites is 1. The second-order valence-electron chi connectivity index (χ2n) is 7.99. The molecule has 1 fully saturated rings. The van der Waals surface area contributed by atoms with Crippen molar-refractivity contribution >= 4 is 57.5 Å². The summed E-state index contributed by atoms with van der Waals surface area (Å²) in [4.78, 5) is 52.3. The van der Waals surface area contributed by atoms with E-state index in [0.717, 1.165) is 41.0 Å². The third kappa shape index (κ3) is 3.29. The van der Waals surface area contributed by atoms with Crippen LogP contribution in [0, 0.1) is 0 Å². The first kappa shape index (κ1) is 21.0. The Balaban J connectivity index is 1.29. The zero-order valence-corrected chi connectivity index (χ0v) is 18.8. The number of primary amides is 1.